The maximum absolute atomic E-state index is 13.6. The zero-order valence-electron chi connectivity index (χ0n) is 46.8. The monoisotopic (exact) mass is 1200 g/mol. The van der Waals surface area contributed by atoms with Gasteiger partial charge in [-0.2, -0.15) is 0 Å². The van der Waals surface area contributed by atoms with Crippen molar-refractivity contribution < 1.29 is 88.5 Å². The van der Waals surface area contributed by atoms with Gasteiger partial charge in [-0.25, -0.2) is 19.2 Å². The molecule has 0 bridgehead atoms. The third-order valence-corrected chi connectivity index (χ3v) is 13.8. The Kier molecular flexibility index (Phi) is 32.4. The van der Waals surface area contributed by atoms with E-state index in [1.807, 2.05) is 42.5 Å². The van der Waals surface area contributed by atoms with E-state index in [1.54, 1.807) is 26.8 Å². The third kappa shape index (κ3) is 30.3. The van der Waals surface area contributed by atoms with E-state index in [2.05, 4.69) is 37.2 Å². The summed E-state index contributed by atoms with van der Waals surface area (Å²) in [6, 6.07) is 10.1. The van der Waals surface area contributed by atoms with Crippen molar-refractivity contribution in [1.82, 2.24) is 46.6 Å². The van der Waals surface area contributed by atoms with Gasteiger partial charge in [0.25, 0.3) is 0 Å². The average molecular weight is 1200 g/mol. The van der Waals surface area contributed by atoms with E-state index >= 15 is 0 Å². The average Bonchev–Trinajstić information content (AvgIpc) is 3.72. The molecule has 1 fully saturated rings. The molecule has 3 unspecified atom stereocenters. The molecule has 2 aromatic rings. The molecule has 29 heteroatoms. The smallest absolute Gasteiger partial charge is 0.326 e. The van der Waals surface area contributed by atoms with Crippen molar-refractivity contribution in [3.63, 3.8) is 0 Å². The Labute approximate surface area is 491 Å². The topological polar surface area (TPSA) is 423 Å². The minimum Gasteiger partial charge on any atom is -0.481 e. The lowest BCUT2D eigenvalue weighted by Crippen LogP contribution is -2.51. The van der Waals surface area contributed by atoms with Crippen molar-refractivity contribution in [2.75, 3.05) is 70.8 Å². The number of carboxylic acids is 7. The summed E-state index contributed by atoms with van der Waals surface area (Å²) in [6.07, 6.45) is 3.76. The lowest BCUT2D eigenvalue weighted by atomic mass is 10.0. The fraction of sp³-hybridized carbons (Fsp3) is 0.564. The van der Waals surface area contributed by atoms with Gasteiger partial charge in [0.1, 0.15) is 24.2 Å². The SMILES string of the molecule is O=C(O)CC[C@H](NC(=O)N[C@@H](CCCCNC(=O)CCCCCCC(=O)NC(CCCCNC(=O)C(Cc1ccccc1)NC(=S)Nc1ccc(CC2CN(CC(=O)O)CCN(CC(=O)O)CCN2CC(=O)O)cc1)C(=O)O)C(=O)O)C(=O)O. The molecular formula is C55H80N10O18S. The number of urea groups is 1. The van der Waals surface area contributed by atoms with Crippen LogP contribution in [0.1, 0.15) is 101 Å². The Bertz CT molecular complexity index is 2510. The number of benzene rings is 2. The lowest BCUT2D eigenvalue weighted by Gasteiger charge is -2.33. The van der Waals surface area contributed by atoms with Gasteiger partial charge in [-0.3, -0.25) is 48.3 Å². The van der Waals surface area contributed by atoms with Crippen LogP contribution in [-0.2, 0) is 60.8 Å². The summed E-state index contributed by atoms with van der Waals surface area (Å²) < 4.78 is 0. The minimum atomic E-state index is -1.53. The van der Waals surface area contributed by atoms with E-state index in [0.717, 1.165) is 11.1 Å². The molecule has 0 aromatic heterocycles. The molecule has 2 aromatic carbocycles. The molecule has 0 radical (unpaired) electrons. The summed E-state index contributed by atoms with van der Waals surface area (Å²) >= 11 is 5.64. The van der Waals surface area contributed by atoms with Gasteiger partial charge in [-0.15, -0.1) is 0 Å². The molecule has 14 N–H and O–H groups in total. The zero-order chi connectivity index (χ0) is 62.0. The Morgan fingerprint density at radius 1 is 0.488 bits per heavy atom. The van der Waals surface area contributed by atoms with Crippen LogP contribution < -0.4 is 37.2 Å². The Morgan fingerprint density at radius 2 is 1.01 bits per heavy atom. The summed E-state index contributed by atoms with van der Waals surface area (Å²) in [7, 11) is 0. The summed E-state index contributed by atoms with van der Waals surface area (Å²) in [5.74, 6) is -9.51. The van der Waals surface area contributed by atoms with Crippen LogP contribution in [0.5, 0.6) is 0 Å². The zero-order valence-corrected chi connectivity index (χ0v) is 47.7. The van der Waals surface area contributed by atoms with E-state index in [4.69, 9.17) is 17.3 Å². The number of aliphatic carboxylic acids is 7. The normalized spacial score (nSPS) is 15.4. The predicted octanol–water partition coefficient (Wildman–Crippen LogP) is 1.22. The second kappa shape index (κ2) is 38.7. The molecule has 0 saturated carbocycles. The maximum Gasteiger partial charge on any atom is 0.326 e. The molecule has 0 spiro atoms. The van der Waals surface area contributed by atoms with Gasteiger partial charge >= 0.3 is 47.8 Å². The first-order valence-electron chi connectivity index (χ1n) is 27.8. The first-order valence-corrected chi connectivity index (χ1v) is 28.2. The molecule has 5 amide bonds. The highest BCUT2D eigenvalue weighted by Crippen LogP contribution is 2.17. The maximum atomic E-state index is 13.6. The first kappa shape index (κ1) is 70.2. The van der Waals surface area contributed by atoms with Crippen molar-refractivity contribution in [2.24, 2.45) is 0 Å². The van der Waals surface area contributed by atoms with Gasteiger partial charge in [-0.1, -0.05) is 55.3 Å². The number of carbonyl (C=O) groups excluding carboxylic acids is 4. The summed E-state index contributed by atoms with van der Waals surface area (Å²) in [4.78, 5) is 137. The number of unbranched alkanes of at least 4 members (excludes halogenated alkanes) is 5. The minimum absolute atomic E-state index is 0.0187. The number of nitrogens with zero attached hydrogens (tertiary/aromatic N) is 3. The number of nitrogens with one attached hydrogen (secondary N) is 7. The number of hydrogen-bond acceptors (Lipinski definition) is 15. The highest BCUT2D eigenvalue weighted by Gasteiger charge is 2.29. The number of hydrogen-bond donors (Lipinski definition) is 14. The first-order chi connectivity index (χ1) is 40.0. The number of carboxylic acid groups (broad SMARTS) is 7. The fourth-order valence-corrected chi connectivity index (χ4v) is 9.44. The molecule has 3 rings (SSSR count). The molecule has 5 atom stereocenters. The van der Waals surface area contributed by atoms with Crippen LogP contribution in [0.15, 0.2) is 54.6 Å². The second-order valence-electron chi connectivity index (χ2n) is 20.4. The van der Waals surface area contributed by atoms with Gasteiger partial charge in [-0.05, 0) is 99.7 Å². The highest BCUT2D eigenvalue weighted by atomic mass is 32.1. The molecule has 464 valence electrons. The molecule has 84 heavy (non-hydrogen) atoms. The van der Waals surface area contributed by atoms with Crippen molar-refractivity contribution in [2.45, 2.75) is 133 Å². The van der Waals surface area contributed by atoms with Crippen molar-refractivity contribution in [1.29, 1.82) is 0 Å². The standard InChI is InChI=1S/C55H80N10O18S/c66-44(56-24-10-8-15-41(52(79)80)60-54(83)61-42(53(81)82)22-23-46(68)69)16-6-1-2-7-17-45(67)59-40(51(77)78)14-9-11-25-57-50(76)43(31-36-12-4-3-5-13-36)62-55(84)58-38-20-18-37(19-21-38)30-39-32-64(34-48(72)73)27-26-63(33-47(70)71)28-29-65(39)35-49(74)75/h3-5,12-13,18-21,39-43H,1-2,6-11,14-17,22-35H2,(H,56,66)(H,57,76)(H,59,67)(H,68,69)(H,70,71)(H,72,73)(H,74,75)(H,77,78)(H,79,80)(H,81,82)(H2,58,62,84)(H2,60,61,83)/t39?,40?,41-,42-,43?/m0/s1. The molecule has 28 nitrogen and oxygen atoms in total. The van der Waals surface area contributed by atoms with Crippen molar-refractivity contribution >= 4 is 88.6 Å². The van der Waals surface area contributed by atoms with Gasteiger partial charge in [0.2, 0.25) is 17.7 Å². The quantitative estimate of drug-likeness (QED) is 0.0330. The molecule has 1 aliphatic rings. The van der Waals surface area contributed by atoms with Crippen LogP contribution in [0.2, 0.25) is 0 Å². The Balaban J connectivity index is 1.40. The van der Waals surface area contributed by atoms with Gasteiger partial charge < -0.3 is 73.0 Å². The number of rotatable bonds is 39. The number of anilines is 1. The fourth-order valence-electron chi connectivity index (χ4n) is 9.18. The lowest BCUT2D eigenvalue weighted by molar-refractivity contribution is -0.142. The molecule has 1 heterocycles. The summed E-state index contributed by atoms with van der Waals surface area (Å²) in [5.41, 5.74) is 2.26. The van der Waals surface area contributed by atoms with E-state index in [1.165, 1.54) is 0 Å². The number of amides is 5. The second-order valence-corrected chi connectivity index (χ2v) is 20.8. The van der Waals surface area contributed by atoms with Crippen molar-refractivity contribution in [3.05, 3.63) is 65.7 Å². The predicted molar refractivity (Wildman–Crippen MR) is 307 cm³/mol. The van der Waals surface area contributed by atoms with Crippen LogP contribution in [-0.4, -0.2) is 217 Å². The van der Waals surface area contributed by atoms with Crippen LogP contribution in [0.3, 0.4) is 0 Å². The Morgan fingerprint density at radius 3 is 1.58 bits per heavy atom. The van der Waals surface area contributed by atoms with E-state index in [-0.39, 0.29) is 108 Å². The summed E-state index contributed by atoms with van der Waals surface area (Å²) in [5, 5.41) is 84.8. The Hall–Kier alpha value is -8.02. The molecular weight excluding hydrogens is 1120 g/mol. The summed E-state index contributed by atoms with van der Waals surface area (Å²) in [6.45, 7) is 0.865. The number of thiocarbonyl (C=S) groups is 1. The molecule has 0 aliphatic carbocycles. The highest BCUT2D eigenvalue weighted by molar-refractivity contribution is 7.80. The third-order valence-electron chi connectivity index (χ3n) is 13.6. The largest absolute Gasteiger partial charge is 0.481 e. The molecule has 1 saturated heterocycles. The van der Waals surface area contributed by atoms with Crippen LogP contribution in [0.25, 0.3) is 0 Å². The number of carbonyl (C=O) groups is 11. The van der Waals surface area contributed by atoms with Crippen LogP contribution in [0, 0.1) is 0 Å². The van der Waals surface area contributed by atoms with E-state index in [0.29, 0.717) is 70.0 Å². The van der Waals surface area contributed by atoms with Crippen molar-refractivity contribution in [3.8, 4) is 0 Å². The van der Waals surface area contributed by atoms with Crippen LogP contribution >= 0.6 is 12.2 Å². The van der Waals surface area contributed by atoms with Gasteiger partial charge in [0.05, 0.1) is 19.6 Å². The van der Waals surface area contributed by atoms with E-state index < -0.39 is 96.8 Å². The van der Waals surface area contributed by atoms with Gasteiger partial charge in [0, 0.05) is 83.2 Å². The molecule has 1 aliphatic heterocycles. The van der Waals surface area contributed by atoms with Crippen LogP contribution in [0.4, 0.5) is 10.5 Å². The van der Waals surface area contributed by atoms with Gasteiger partial charge in [0.15, 0.2) is 5.11 Å². The van der Waals surface area contributed by atoms with E-state index in [9.17, 15) is 83.4 Å².